The van der Waals surface area contributed by atoms with E-state index >= 15 is 0 Å². The fraction of sp³-hybridized carbons (Fsp3) is 0.688. The number of rotatable bonds is 28. The molecule has 1 aromatic carbocycles. The van der Waals surface area contributed by atoms with Crippen LogP contribution in [0.5, 0.6) is 0 Å². The summed E-state index contributed by atoms with van der Waals surface area (Å²) < 4.78 is 5.55. The molecule has 0 aliphatic rings. The van der Waals surface area contributed by atoms with E-state index in [1.807, 2.05) is 54.5 Å². The number of amides is 6. The summed E-state index contributed by atoms with van der Waals surface area (Å²) in [4.78, 5) is 94.2. The van der Waals surface area contributed by atoms with Gasteiger partial charge in [0.2, 0.25) is 35.4 Å². The molecule has 65 heavy (non-hydrogen) atoms. The van der Waals surface area contributed by atoms with E-state index < -0.39 is 77.2 Å². The summed E-state index contributed by atoms with van der Waals surface area (Å²) >= 11 is 0. The van der Waals surface area contributed by atoms with E-state index in [0.29, 0.717) is 43.2 Å². The molecule has 0 spiro atoms. The highest BCUT2D eigenvalue weighted by atomic mass is 16.5. The summed E-state index contributed by atoms with van der Waals surface area (Å²) in [5, 5.41) is 26.6. The second kappa shape index (κ2) is 27.6. The van der Waals surface area contributed by atoms with Gasteiger partial charge in [0.15, 0.2) is 0 Å². The quantitative estimate of drug-likeness (QED) is 0.0443. The third kappa shape index (κ3) is 19.6. The lowest BCUT2D eigenvalue weighted by atomic mass is 9.76. The smallest absolute Gasteiger partial charge is 0.331 e. The maximum absolute atomic E-state index is 14.2. The van der Waals surface area contributed by atoms with Crippen LogP contribution in [0.25, 0.3) is 0 Å². The van der Waals surface area contributed by atoms with E-state index in [-0.39, 0.29) is 48.7 Å². The van der Waals surface area contributed by atoms with E-state index in [2.05, 4.69) is 45.7 Å². The monoisotopic (exact) mass is 915 g/mol. The molecule has 368 valence electrons. The molecule has 0 fully saturated rings. The standard InChI is InChI=1S/C48H82N8O9/c1-29(2)21-24-65-25-22-37(57)54-39(31(5)6)43(60)53-35(20-15-16-23-49)42(59)51-28-38(58)52-34-19-17-18-33(27-34)48(11,12)40(50-13)44(61)55-41(47(8,9)10)45(62)56(14)36(30(3)4)26-32(7)46(63)64/h17-19,26-27,29-31,35-36,39-41,50H,15-16,20-25,28,49H2,1-14H3,(H,51,59)(H,52,58)(H,53,60)(H,54,57)(H,55,61)(H,63,64)/b32-26+/t35-,36+,39-,40+,41+/m0/s1. The van der Waals surface area contributed by atoms with Crippen LogP contribution in [0.15, 0.2) is 35.9 Å². The maximum atomic E-state index is 14.2. The zero-order valence-electron chi connectivity index (χ0n) is 41.6. The van der Waals surface area contributed by atoms with E-state index in [1.165, 1.54) is 11.8 Å². The van der Waals surface area contributed by atoms with E-state index in [9.17, 15) is 38.7 Å². The van der Waals surface area contributed by atoms with Crippen molar-refractivity contribution in [3.05, 3.63) is 41.5 Å². The molecule has 0 unspecified atom stereocenters. The topological polar surface area (TPSA) is 250 Å². The van der Waals surface area contributed by atoms with Crippen molar-refractivity contribution in [3.63, 3.8) is 0 Å². The van der Waals surface area contributed by atoms with Crippen molar-refractivity contribution in [2.24, 2.45) is 28.9 Å². The number of ether oxygens (including phenoxy) is 1. The summed E-state index contributed by atoms with van der Waals surface area (Å²) in [5.74, 6) is -3.77. The minimum Gasteiger partial charge on any atom is -0.478 e. The van der Waals surface area contributed by atoms with Gasteiger partial charge in [-0.3, -0.25) is 28.8 Å². The van der Waals surface area contributed by atoms with Crippen LogP contribution >= 0.6 is 0 Å². The van der Waals surface area contributed by atoms with Crippen molar-refractivity contribution < 1.29 is 43.4 Å². The SMILES string of the molecule is CN[C@H](C(=O)N[C@H](C(=O)N(C)[C@H](/C=C(\C)C(=O)O)C(C)C)C(C)(C)C)C(C)(C)c1cccc(NC(=O)CNC(=O)[C@H](CCCCN)NC(=O)[C@@H](NC(=O)CCOCCC(C)C)C(C)C)c1. The van der Waals surface area contributed by atoms with Crippen molar-refractivity contribution in [2.75, 3.05) is 45.7 Å². The second-order valence-corrected chi connectivity index (χ2v) is 19.6. The molecule has 6 amide bonds. The number of hydrogen-bond acceptors (Lipinski definition) is 10. The van der Waals surface area contributed by atoms with Gasteiger partial charge in [-0.05, 0) is 87.1 Å². The highest BCUT2D eigenvalue weighted by Crippen LogP contribution is 2.31. The number of nitrogens with one attached hydrogen (secondary N) is 6. The average Bonchev–Trinajstić information content (AvgIpc) is 3.21. The number of nitrogens with two attached hydrogens (primary N) is 1. The third-order valence-electron chi connectivity index (χ3n) is 11.4. The number of nitrogens with zero attached hydrogens (tertiary/aromatic N) is 1. The van der Waals surface area contributed by atoms with E-state index in [4.69, 9.17) is 10.5 Å². The van der Waals surface area contributed by atoms with Gasteiger partial charge in [0, 0.05) is 36.8 Å². The summed E-state index contributed by atoms with van der Waals surface area (Å²) in [6.07, 6.45) is 3.93. The number of unbranched alkanes of at least 4 members (excludes halogenated alkanes) is 1. The Bertz CT molecular complexity index is 1770. The van der Waals surface area contributed by atoms with Gasteiger partial charge in [0.1, 0.15) is 18.1 Å². The first-order valence-electron chi connectivity index (χ1n) is 22.9. The number of benzene rings is 1. The number of carboxylic acids is 1. The molecule has 0 aliphatic heterocycles. The number of carbonyl (C=O) groups is 7. The Kier molecular flexibility index (Phi) is 24.7. The molecule has 1 rings (SSSR count). The van der Waals surface area contributed by atoms with Gasteiger partial charge in [-0.1, -0.05) is 94.4 Å². The highest BCUT2D eigenvalue weighted by molar-refractivity contribution is 5.97. The Balaban J connectivity index is 3.15. The lowest BCUT2D eigenvalue weighted by Gasteiger charge is -2.40. The van der Waals surface area contributed by atoms with Crippen LogP contribution in [0.4, 0.5) is 5.69 Å². The first-order chi connectivity index (χ1) is 30.2. The van der Waals surface area contributed by atoms with E-state index in [0.717, 1.165) is 6.42 Å². The predicted octanol–water partition coefficient (Wildman–Crippen LogP) is 3.86. The fourth-order valence-corrected chi connectivity index (χ4v) is 7.17. The molecule has 0 radical (unpaired) electrons. The van der Waals surface area contributed by atoms with Gasteiger partial charge in [0.05, 0.1) is 25.2 Å². The van der Waals surface area contributed by atoms with Crippen molar-refractivity contribution in [3.8, 4) is 0 Å². The number of likely N-dealkylation sites (N-methyl/N-ethyl adjacent to an activating group) is 2. The predicted molar refractivity (Wildman–Crippen MR) is 255 cm³/mol. The van der Waals surface area contributed by atoms with Crippen molar-refractivity contribution in [1.29, 1.82) is 0 Å². The first-order valence-corrected chi connectivity index (χ1v) is 22.9. The van der Waals surface area contributed by atoms with Crippen molar-refractivity contribution >= 4 is 47.1 Å². The number of carbonyl (C=O) groups excluding carboxylic acids is 6. The largest absolute Gasteiger partial charge is 0.478 e. The number of hydrogen-bond donors (Lipinski definition) is 8. The van der Waals surface area contributed by atoms with Gasteiger partial charge in [-0.2, -0.15) is 0 Å². The van der Waals surface area contributed by atoms with Crippen LogP contribution in [0, 0.1) is 23.2 Å². The molecule has 0 bridgehead atoms. The molecular weight excluding hydrogens is 833 g/mol. The molecule has 0 aromatic heterocycles. The summed E-state index contributed by atoms with van der Waals surface area (Å²) in [5.41, 5.74) is 5.29. The second-order valence-electron chi connectivity index (χ2n) is 19.6. The average molecular weight is 915 g/mol. The summed E-state index contributed by atoms with van der Waals surface area (Å²) in [6, 6.07) is 2.72. The zero-order chi connectivity index (χ0) is 49.8. The Hall–Kier alpha value is -4.87. The molecule has 0 saturated heterocycles. The van der Waals surface area contributed by atoms with Crippen molar-refractivity contribution in [2.45, 2.75) is 151 Å². The van der Waals surface area contributed by atoms with Crippen LogP contribution in [0.3, 0.4) is 0 Å². The highest BCUT2D eigenvalue weighted by Gasteiger charge is 2.42. The Morgan fingerprint density at radius 2 is 1.46 bits per heavy atom. The Labute approximate surface area is 388 Å². The molecule has 1 aromatic rings. The van der Waals surface area contributed by atoms with Crippen LogP contribution in [0.2, 0.25) is 0 Å². The van der Waals surface area contributed by atoms with Crippen LogP contribution in [0.1, 0.15) is 121 Å². The molecule has 9 N–H and O–H groups in total. The molecular formula is C48H82N8O9. The van der Waals surface area contributed by atoms with Gasteiger partial charge >= 0.3 is 5.97 Å². The summed E-state index contributed by atoms with van der Waals surface area (Å²) in [7, 11) is 3.25. The Morgan fingerprint density at radius 3 is 2.00 bits per heavy atom. The summed E-state index contributed by atoms with van der Waals surface area (Å²) in [6.45, 7) is 23.0. The first kappa shape index (κ1) is 58.1. The fourth-order valence-electron chi connectivity index (χ4n) is 7.17. The number of carboxylic acid groups (broad SMARTS) is 1. The molecule has 5 atom stereocenters. The minimum absolute atomic E-state index is 0.0883. The lowest BCUT2D eigenvalue weighted by Crippen LogP contribution is -2.61. The van der Waals surface area contributed by atoms with Crippen LogP contribution in [-0.4, -0.2) is 122 Å². The lowest BCUT2D eigenvalue weighted by molar-refractivity contribution is -0.141. The maximum Gasteiger partial charge on any atom is 0.331 e. The molecule has 17 nitrogen and oxygen atoms in total. The van der Waals surface area contributed by atoms with Gasteiger partial charge in [-0.25, -0.2) is 4.79 Å². The van der Waals surface area contributed by atoms with Gasteiger partial charge in [0.25, 0.3) is 0 Å². The van der Waals surface area contributed by atoms with Gasteiger partial charge in [-0.15, -0.1) is 0 Å². The number of anilines is 1. The third-order valence-corrected chi connectivity index (χ3v) is 11.4. The molecule has 0 heterocycles. The number of aliphatic carboxylic acids is 1. The van der Waals surface area contributed by atoms with Gasteiger partial charge < -0.3 is 52.4 Å². The van der Waals surface area contributed by atoms with Crippen LogP contribution < -0.4 is 37.6 Å². The van der Waals surface area contributed by atoms with E-state index in [1.54, 1.807) is 52.2 Å². The minimum atomic E-state index is -1.08. The zero-order valence-corrected chi connectivity index (χ0v) is 41.6. The molecule has 0 saturated carbocycles. The Morgan fingerprint density at radius 1 is 0.815 bits per heavy atom. The molecule has 0 aliphatic carbocycles. The normalized spacial score (nSPS) is 14.5. The molecule has 17 heteroatoms. The van der Waals surface area contributed by atoms with Crippen LogP contribution in [-0.2, 0) is 43.7 Å². The van der Waals surface area contributed by atoms with Crippen molar-refractivity contribution in [1.82, 2.24) is 31.5 Å².